The molecule has 6 heteroatoms. The maximum atomic E-state index is 2.77. The highest BCUT2D eigenvalue weighted by Crippen LogP contribution is 2.55. The molecule has 0 amide bonds. The van der Waals surface area contributed by atoms with E-state index in [4.69, 9.17) is 0 Å². The summed E-state index contributed by atoms with van der Waals surface area (Å²) in [6.07, 6.45) is 0. The average molecular weight is 825 g/mol. The van der Waals surface area contributed by atoms with Crippen molar-refractivity contribution in [2.24, 2.45) is 0 Å². The van der Waals surface area contributed by atoms with Crippen LogP contribution in [0.15, 0.2) is 159 Å². The average Bonchev–Trinajstić information content (AvgIpc) is 3.79. The van der Waals surface area contributed by atoms with Gasteiger partial charge in [-0.3, -0.25) is 0 Å². The monoisotopic (exact) mass is 824 g/mol. The summed E-state index contributed by atoms with van der Waals surface area (Å²) >= 11 is 5.76. The zero-order chi connectivity index (χ0) is 40.4. The number of nitrogens with zero attached hydrogens (tertiary/aromatic N) is 2. The highest BCUT2D eigenvalue weighted by atomic mass is 32.2. The smallest absolute Gasteiger partial charge is 0.333 e. The van der Waals surface area contributed by atoms with Gasteiger partial charge < -0.3 is 9.38 Å². The molecule has 2 nitrogen and oxygen atoms in total. The predicted octanol–water partition coefficient (Wildman–Crippen LogP) is 14.8. The van der Waals surface area contributed by atoms with Gasteiger partial charge in [-0.2, -0.15) is 0 Å². The molecule has 2 aromatic heterocycles. The standard InChI is InChI=1S/C54H41BN2S3/c1-53(2,3)31-22-23-41-36(25-31)39-26-32(54(4,5)6)27-40-50(39)56(41)51-33-15-8-7-14-30(33)24-38-37-28-47-48(59-46-21-12-11-20-45(46)58-47)29-43(37)57(55(40)49(38)51)42-18-13-17-35-34-16-9-10-19-44(34)60-52(35)42/h7-29H,1-6H3. The Hall–Kier alpha value is -5.40. The second-order valence-electron chi connectivity index (χ2n) is 18.9. The number of rotatable bonds is 1. The van der Waals surface area contributed by atoms with Gasteiger partial charge in [0.05, 0.1) is 21.4 Å². The number of fused-ring (bicyclic) bond motifs is 14. The molecule has 0 aliphatic carbocycles. The van der Waals surface area contributed by atoms with Crippen molar-refractivity contribution in [3.8, 4) is 16.8 Å². The largest absolute Gasteiger partial charge is 0.375 e. The maximum absolute atomic E-state index is 2.77. The zero-order valence-electron chi connectivity index (χ0n) is 34.5. The van der Waals surface area contributed by atoms with Crippen molar-refractivity contribution >= 4 is 117 Å². The lowest BCUT2D eigenvalue weighted by molar-refractivity contribution is 0.590. The van der Waals surface area contributed by atoms with Crippen molar-refractivity contribution in [1.82, 2.24) is 4.57 Å². The molecule has 0 saturated heterocycles. The van der Waals surface area contributed by atoms with E-state index in [1.165, 1.54) is 123 Å². The summed E-state index contributed by atoms with van der Waals surface area (Å²) < 4.78 is 5.33. The second-order valence-corrected chi connectivity index (χ2v) is 22.1. The highest BCUT2D eigenvalue weighted by Gasteiger charge is 2.46. The van der Waals surface area contributed by atoms with Crippen LogP contribution < -0.4 is 15.7 Å². The Kier molecular flexibility index (Phi) is 7.15. The van der Waals surface area contributed by atoms with Crippen LogP contribution in [0.25, 0.3) is 69.6 Å². The van der Waals surface area contributed by atoms with E-state index < -0.39 is 0 Å². The van der Waals surface area contributed by atoms with Gasteiger partial charge in [0.15, 0.2) is 0 Å². The van der Waals surface area contributed by atoms with E-state index in [2.05, 4.69) is 190 Å². The predicted molar refractivity (Wildman–Crippen MR) is 262 cm³/mol. The minimum absolute atomic E-state index is 0.0205. The van der Waals surface area contributed by atoms with E-state index in [1.54, 1.807) is 0 Å². The molecule has 3 aliphatic heterocycles. The third kappa shape index (κ3) is 4.81. The molecule has 0 atom stereocenters. The normalized spacial score (nSPS) is 14.3. The molecular formula is C54H41BN2S3. The molecule has 5 heterocycles. The van der Waals surface area contributed by atoms with Gasteiger partial charge in [0, 0.05) is 68.2 Å². The summed E-state index contributed by atoms with van der Waals surface area (Å²) in [6, 6.07) is 54.0. The molecule has 60 heavy (non-hydrogen) atoms. The van der Waals surface area contributed by atoms with Crippen LogP contribution in [0.4, 0.5) is 11.4 Å². The van der Waals surface area contributed by atoms with Gasteiger partial charge in [-0.15, -0.1) is 11.3 Å². The number of hydrogen-bond acceptors (Lipinski definition) is 4. The summed E-state index contributed by atoms with van der Waals surface area (Å²) in [5, 5.41) is 7.90. The molecule has 0 saturated carbocycles. The topological polar surface area (TPSA) is 8.17 Å². The minimum atomic E-state index is -0.0711. The van der Waals surface area contributed by atoms with Crippen LogP contribution in [-0.4, -0.2) is 11.4 Å². The van der Waals surface area contributed by atoms with Crippen molar-refractivity contribution in [2.75, 3.05) is 4.81 Å². The zero-order valence-corrected chi connectivity index (χ0v) is 36.9. The van der Waals surface area contributed by atoms with Crippen LogP contribution in [0.2, 0.25) is 0 Å². The maximum Gasteiger partial charge on any atom is 0.333 e. The first-order valence-corrected chi connectivity index (χ1v) is 23.5. The van der Waals surface area contributed by atoms with Crippen molar-refractivity contribution in [3.05, 3.63) is 151 Å². The number of anilines is 2. The SMILES string of the molecule is CC(C)(C)c1ccc2c(c1)c1cc(C(C)(C)C)cc3c1n2-c1c2c(cc4ccccc14)-c1cc4c(cc1N(c1cccc5c1sc1ccccc15)B23)Sc1ccccc1S4. The van der Waals surface area contributed by atoms with Gasteiger partial charge >= 0.3 is 6.85 Å². The number of hydrogen-bond donors (Lipinski definition) is 0. The van der Waals surface area contributed by atoms with Gasteiger partial charge in [-0.25, -0.2) is 0 Å². The Morgan fingerprint density at radius 3 is 1.97 bits per heavy atom. The molecule has 0 bridgehead atoms. The Balaban J connectivity index is 1.23. The van der Waals surface area contributed by atoms with Crippen molar-refractivity contribution in [3.63, 3.8) is 0 Å². The van der Waals surface area contributed by atoms with E-state index in [0.29, 0.717) is 0 Å². The molecule has 8 aromatic carbocycles. The van der Waals surface area contributed by atoms with Crippen molar-refractivity contribution in [2.45, 2.75) is 72.0 Å². The molecule has 10 aromatic rings. The van der Waals surface area contributed by atoms with Crippen LogP contribution in [-0.2, 0) is 10.8 Å². The molecule has 0 N–H and O–H groups in total. The van der Waals surface area contributed by atoms with Crippen LogP contribution in [0, 0.1) is 0 Å². The Morgan fingerprint density at radius 2 is 1.18 bits per heavy atom. The van der Waals surface area contributed by atoms with Crippen LogP contribution in [0.5, 0.6) is 0 Å². The van der Waals surface area contributed by atoms with Crippen LogP contribution in [0.3, 0.4) is 0 Å². The third-order valence-corrected chi connectivity index (χ3v) is 17.0. The summed E-state index contributed by atoms with van der Waals surface area (Å²) in [5.41, 5.74) is 14.6. The van der Waals surface area contributed by atoms with E-state index in [0.717, 1.165) is 0 Å². The van der Waals surface area contributed by atoms with Gasteiger partial charge in [-0.1, -0.05) is 144 Å². The molecule has 0 fully saturated rings. The fourth-order valence-electron chi connectivity index (χ4n) is 10.3. The second kappa shape index (κ2) is 12.1. The molecular weight excluding hydrogens is 784 g/mol. The van der Waals surface area contributed by atoms with E-state index >= 15 is 0 Å². The first kappa shape index (κ1) is 35.4. The molecule has 0 unspecified atom stereocenters. The lowest BCUT2D eigenvalue weighted by Gasteiger charge is -2.43. The van der Waals surface area contributed by atoms with Crippen LogP contribution in [0.1, 0.15) is 52.7 Å². The van der Waals surface area contributed by atoms with Gasteiger partial charge in [0.25, 0.3) is 0 Å². The fourth-order valence-corrected chi connectivity index (χ4v) is 13.8. The first-order valence-electron chi connectivity index (χ1n) is 21.0. The lowest BCUT2D eigenvalue weighted by atomic mass is 9.43. The minimum Gasteiger partial charge on any atom is -0.375 e. The van der Waals surface area contributed by atoms with Gasteiger partial charge in [-0.05, 0) is 104 Å². The Morgan fingerprint density at radius 1 is 0.500 bits per heavy atom. The number of thiophene rings is 1. The molecule has 3 aliphatic rings. The fraction of sp³-hybridized carbons (Fsp3) is 0.148. The van der Waals surface area contributed by atoms with Crippen molar-refractivity contribution < 1.29 is 0 Å². The summed E-state index contributed by atoms with van der Waals surface area (Å²) in [6.45, 7) is 14.1. The summed E-state index contributed by atoms with van der Waals surface area (Å²) in [4.78, 5) is 8.07. The van der Waals surface area contributed by atoms with Crippen LogP contribution >= 0.6 is 34.9 Å². The number of benzene rings is 8. The molecule has 0 spiro atoms. The summed E-state index contributed by atoms with van der Waals surface area (Å²) in [7, 11) is 0. The van der Waals surface area contributed by atoms with Crippen molar-refractivity contribution in [1.29, 1.82) is 0 Å². The molecule has 13 rings (SSSR count). The lowest BCUT2D eigenvalue weighted by Crippen LogP contribution is -2.61. The van der Waals surface area contributed by atoms with Gasteiger partial charge in [0.1, 0.15) is 0 Å². The Labute approximate surface area is 363 Å². The van der Waals surface area contributed by atoms with E-state index in [1.807, 2.05) is 34.9 Å². The van der Waals surface area contributed by atoms with Gasteiger partial charge in [0.2, 0.25) is 0 Å². The highest BCUT2D eigenvalue weighted by molar-refractivity contribution is 8.05. The van der Waals surface area contributed by atoms with E-state index in [9.17, 15) is 0 Å². The Bertz CT molecular complexity index is 3540. The number of aromatic nitrogens is 1. The summed E-state index contributed by atoms with van der Waals surface area (Å²) in [5.74, 6) is 0. The quantitative estimate of drug-likeness (QED) is 0.153. The molecule has 288 valence electrons. The first-order chi connectivity index (χ1) is 29.0. The third-order valence-electron chi connectivity index (χ3n) is 13.3. The van der Waals surface area contributed by atoms with E-state index in [-0.39, 0.29) is 17.7 Å². The molecule has 0 radical (unpaired) electrons.